The molecule has 0 aliphatic carbocycles. The third-order valence-corrected chi connectivity index (χ3v) is 4.79. The van der Waals surface area contributed by atoms with Crippen LogP contribution in [0.15, 0.2) is 42.9 Å². The molecule has 4 aromatic rings. The first-order valence-corrected chi connectivity index (χ1v) is 197. The molecule has 0 radical (unpaired) electrons. The number of aromatic nitrogens is 4. The number of ether oxygens (including phenoxy) is 1. The molecule has 55 heavy (non-hydrogen) atoms. The Bertz CT molecular complexity index is 1440. The molecule has 0 amide bonds. The first-order valence-electron chi connectivity index (χ1n) is 21.0. The van der Waals surface area contributed by atoms with Crippen LogP contribution >= 0.6 is 0 Å². The van der Waals surface area contributed by atoms with E-state index in [4.69, 9.17) is 4.74 Å². The summed E-state index contributed by atoms with van der Waals surface area (Å²) < 4.78 is 19.2. The summed E-state index contributed by atoms with van der Waals surface area (Å²) in [5, 5.41) is 14.7. The number of hydrogen-bond donors (Lipinski definition) is 2. The van der Waals surface area contributed by atoms with Gasteiger partial charge in [0.15, 0.2) is 0 Å². The molecule has 0 atom stereocenters. The number of carbonyl (C=O) groups excluding carboxylic acids is 1. The van der Waals surface area contributed by atoms with Gasteiger partial charge in [-0.25, -0.2) is 19.7 Å². The number of esters is 1. The number of aromatic amines is 1. The van der Waals surface area contributed by atoms with Crippen molar-refractivity contribution < 1.29 is 18.8 Å². The number of nitro benzene ring substituents is 1. The summed E-state index contributed by atoms with van der Waals surface area (Å²) in [5.41, 5.74) is 1.63. The van der Waals surface area contributed by atoms with Crippen LogP contribution in [0.4, 0.5) is 21.7 Å². The standard InChI is InChI=1S/C22H19FN6O4.22K/c1-11(2)33-21(30)15-10-26-22(27-17-8-18(29(31)32)16(23)7-12(17)3)28-19(15)14-9-25-20-13(14)5-4-6-24-20;;;;;;;;;;;;;;;;;;;;;;/h4-11H,1-3H3,(H,24,25)(H,26,27,28);;;;;;;;;;;;;;;;;;;;;;. The number of rotatable bonds is 6. The predicted molar refractivity (Wildman–Crippen MR) is 245 cm³/mol. The van der Waals surface area contributed by atoms with Gasteiger partial charge in [-0.1, -0.05) is 0 Å². The molecule has 3 aromatic heterocycles. The van der Waals surface area contributed by atoms with Gasteiger partial charge in [0.05, 0.1) is 22.4 Å². The maximum atomic E-state index is 13.9. The van der Waals surface area contributed by atoms with Gasteiger partial charge in [-0.3, -0.25) is 10.1 Å². The Morgan fingerprint density at radius 2 is 1.29 bits per heavy atom. The van der Waals surface area contributed by atoms with Gasteiger partial charge < -0.3 is 15.0 Å². The number of halogens is 1. The summed E-state index contributed by atoms with van der Waals surface area (Å²) in [6, 6.07) is 5.72. The van der Waals surface area contributed by atoms with Crippen LogP contribution in [-0.4, -0.2) is 732 Å². The van der Waals surface area contributed by atoms with Crippen molar-refractivity contribution in [3.63, 3.8) is 0 Å². The number of anilines is 2. The van der Waals surface area contributed by atoms with Gasteiger partial charge in [0.2, 0.25) is 11.8 Å². The number of fused-ring (bicyclic) bond motifs is 1. The number of H-pyrrole nitrogens is 1. The molecule has 0 spiro atoms. The second-order valence-corrected chi connectivity index (χ2v) is 7.51. The van der Waals surface area contributed by atoms with E-state index >= 15 is 0 Å². The van der Waals surface area contributed by atoms with Gasteiger partial charge >= 0.3 is 706 Å². The van der Waals surface area contributed by atoms with E-state index in [1.54, 1.807) is 39.2 Å². The number of hydrogen-bond acceptors (Lipinski definition) is 8. The molecule has 2 N–H and O–H groups in total. The number of benzene rings is 1. The number of aryl methyl sites for hydroxylation is 1. The van der Waals surface area contributed by atoms with E-state index in [0.717, 1.165) is 17.5 Å². The number of nitro groups is 1. The third-order valence-electron chi connectivity index (χ3n) is 4.79. The SMILES string of the molecule is Cc1cc(F)c([N+](=O)[O-])cc1Nc1ncc(C(=O)OC(C)C)c(-c2c[nH]c3ncccc23)n1.[K][K].[K][K].[K][K].[K][K].[K][K].[K][K].[K][K].[K][K].[K][K].[K][K].[K][K]. The van der Waals surface area contributed by atoms with E-state index in [0.29, 0.717) is 16.8 Å². The first kappa shape index (κ1) is 103. The summed E-state index contributed by atoms with van der Waals surface area (Å²) in [7, 11) is 0. The van der Waals surface area contributed by atoms with Crippen molar-refractivity contribution in [1.82, 2.24) is 19.9 Å². The van der Waals surface area contributed by atoms with Crippen LogP contribution in [0.3, 0.4) is 0 Å². The molecular weight excluding hydrogens is 1290 g/mol. The Hall–Kier alpha value is 31.6. The minimum absolute atomic E-state index is 0.0633. The molecule has 1 aromatic carbocycles. The van der Waals surface area contributed by atoms with Crippen molar-refractivity contribution in [2.45, 2.75) is 26.9 Å². The van der Waals surface area contributed by atoms with E-state index in [-0.39, 0.29) is 29.0 Å². The molecule has 0 bridgehead atoms. The number of nitrogens with one attached hydrogen (secondary N) is 2. The van der Waals surface area contributed by atoms with E-state index in [1.165, 1.54) is 701 Å². The van der Waals surface area contributed by atoms with E-state index < -0.39 is 22.4 Å². The van der Waals surface area contributed by atoms with Gasteiger partial charge in [0.25, 0.3) is 0 Å². The van der Waals surface area contributed by atoms with E-state index in [1.807, 2.05) is 6.07 Å². The molecule has 0 fully saturated rings. The fourth-order valence-electron chi connectivity index (χ4n) is 3.28. The molecule has 4 rings (SSSR count). The van der Waals surface area contributed by atoms with Crippen LogP contribution in [0.25, 0.3) is 22.3 Å². The van der Waals surface area contributed by atoms with Gasteiger partial charge in [-0.05, 0) is 44.5 Å². The third kappa shape index (κ3) is 59.1. The first-order chi connectivity index (χ1) is 26.7. The molecule has 0 aliphatic heterocycles. The van der Waals surface area contributed by atoms with Crippen molar-refractivity contribution in [1.29, 1.82) is 0 Å². The fraction of sp³-hybridized carbons (Fsp3) is 0.182. The van der Waals surface area contributed by atoms with E-state index in [2.05, 4.69) is 25.3 Å². The number of carbonyl (C=O) groups is 1. The Morgan fingerprint density at radius 3 is 1.73 bits per heavy atom. The minimum atomic E-state index is -0.942. The predicted octanol–water partition coefficient (Wildman–Crippen LogP) is -3.69. The van der Waals surface area contributed by atoms with Crippen molar-refractivity contribution in [3.05, 3.63) is 69.9 Å². The molecule has 3 heterocycles. The molecular formula is C22H19FK22N6O4. The van der Waals surface area contributed by atoms with Crippen molar-refractivity contribution in [2.24, 2.45) is 0 Å². The second kappa shape index (κ2) is 87.7. The van der Waals surface area contributed by atoms with Crippen LogP contribution in [0.2, 0.25) is 0 Å². The Labute approximate surface area is 827 Å². The summed E-state index contributed by atoms with van der Waals surface area (Å²) >= 11 is 27.5. The molecule has 0 unspecified atom stereocenters. The monoisotopic (exact) mass is 1310 g/mol. The van der Waals surface area contributed by atoms with Gasteiger partial charge in [-0.2, -0.15) is 4.39 Å². The van der Waals surface area contributed by atoms with Gasteiger partial charge in [0, 0.05) is 35.6 Å². The molecule has 0 aliphatic rings. The Kier molecular flexibility index (Phi) is 164. The average Bonchev–Trinajstić information content (AvgIpc) is 3.71. The van der Waals surface area contributed by atoms with Gasteiger partial charge in [0.1, 0.15) is 11.2 Å². The van der Waals surface area contributed by atoms with E-state index in [9.17, 15) is 19.3 Å². The van der Waals surface area contributed by atoms with Crippen molar-refractivity contribution in [3.8, 4) is 11.3 Å². The molecule has 0 saturated carbocycles. The Balaban J connectivity index is -0.000000144. The van der Waals surface area contributed by atoms with Gasteiger partial charge in [-0.15, -0.1) is 0 Å². The molecule has 0 saturated heterocycles. The summed E-state index contributed by atoms with van der Waals surface area (Å²) in [6.45, 7) is 5.05. The molecule has 190 valence electrons. The van der Waals surface area contributed by atoms with Crippen LogP contribution in [-0.2, 0) is 4.74 Å². The van der Waals surface area contributed by atoms with Crippen LogP contribution < -0.4 is 5.32 Å². The molecule has 33 heteroatoms. The fourth-order valence-corrected chi connectivity index (χ4v) is 3.28. The average molecular weight is 1310 g/mol. The van der Waals surface area contributed by atoms with Crippen LogP contribution in [0, 0.1) is 22.9 Å². The maximum absolute atomic E-state index is 13.9. The zero-order chi connectivity index (χ0) is 45.7. The topological polar surface area (TPSA) is 136 Å². The van der Waals surface area contributed by atoms with Crippen LogP contribution in [0.1, 0.15) is 29.8 Å². The quantitative estimate of drug-likeness (QED) is 0.0874. The van der Waals surface area contributed by atoms with Crippen LogP contribution in [0.5, 0.6) is 0 Å². The number of pyridine rings is 1. The summed E-state index contributed by atoms with van der Waals surface area (Å²) in [4.78, 5) is 39.0. The summed E-state index contributed by atoms with van der Waals surface area (Å²) in [6.07, 6.45) is 4.27. The normalized spacial score (nSPS) is 8.24. The molecule has 10 nitrogen and oxygen atoms in total. The second-order valence-electron chi connectivity index (χ2n) is 7.51. The zero-order valence-electron chi connectivity index (χ0n) is 39.9. The summed E-state index contributed by atoms with van der Waals surface area (Å²) in [5.74, 6) is -1.48. The zero-order valence-corrected chi connectivity index (χ0v) is 109. The number of nitrogens with zero attached hydrogens (tertiary/aromatic N) is 4. The van der Waals surface area contributed by atoms with Crippen molar-refractivity contribution in [2.75, 3.05) is 5.32 Å². The van der Waals surface area contributed by atoms with Crippen molar-refractivity contribution >= 4 is 729 Å². The Morgan fingerprint density at radius 1 is 0.818 bits per heavy atom.